The lowest BCUT2D eigenvalue weighted by Gasteiger charge is -2.13. The summed E-state index contributed by atoms with van der Waals surface area (Å²) >= 11 is 0. The van der Waals surface area contributed by atoms with Gasteiger partial charge in [-0.2, -0.15) is 0 Å². The topological polar surface area (TPSA) is 69.9 Å². The van der Waals surface area contributed by atoms with E-state index in [9.17, 15) is 15.3 Å². The number of ether oxygens (including phenoxy) is 1. The number of phenolic OH excluding ortho intramolecular Hbond substituents is 2. The number of hydrogen-bond donors (Lipinski definition) is 3. The molecule has 106 valence electrons. The van der Waals surface area contributed by atoms with E-state index in [1.807, 2.05) is 24.3 Å². The molecule has 0 fully saturated rings. The molecule has 0 saturated carbocycles. The molecule has 1 unspecified atom stereocenters. The summed E-state index contributed by atoms with van der Waals surface area (Å²) in [7, 11) is 1.62. The number of rotatable bonds is 5. The van der Waals surface area contributed by atoms with E-state index in [-0.39, 0.29) is 11.5 Å². The molecule has 2 aromatic carbocycles. The molecule has 3 N–H and O–H groups in total. The Balaban J connectivity index is 1.98. The fraction of sp³-hybridized carbons (Fsp3) is 0.250. The molecule has 0 aliphatic rings. The van der Waals surface area contributed by atoms with Crippen molar-refractivity contribution < 1.29 is 20.1 Å². The van der Waals surface area contributed by atoms with Crippen LogP contribution in [0.15, 0.2) is 42.5 Å². The summed E-state index contributed by atoms with van der Waals surface area (Å²) in [5.41, 5.74) is 1.51. The molecule has 0 aliphatic carbocycles. The van der Waals surface area contributed by atoms with Gasteiger partial charge in [-0.15, -0.1) is 0 Å². The lowest BCUT2D eigenvalue weighted by molar-refractivity contribution is 0.164. The average Bonchev–Trinajstić information content (AvgIpc) is 2.45. The van der Waals surface area contributed by atoms with Crippen LogP contribution in [0.2, 0.25) is 0 Å². The van der Waals surface area contributed by atoms with Crippen LogP contribution in [0, 0.1) is 0 Å². The van der Waals surface area contributed by atoms with Crippen LogP contribution < -0.4 is 4.74 Å². The van der Waals surface area contributed by atoms with Crippen molar-refractivity contribution >= 4 is 0 Å². The summed E-state index contributed by atoms with van der Waals surface area (Å²) in [6.45, 7) is 0. The van der Waals surface area contributed by atoms with E-state index in [1.165, 1.54) is 18.2 Å². The zero-order chi connectivity index (χ0) is 14.5. The van der Waals surface area contributed by atoms with Gasteiger partial charge in [0.1, 0.15) is 17.2 Å². The van der Waals surface area contributed by atoms with Crippen molar-refractivity contribution in [3.63, 3.8) is 0 Å². The molecule has 0 amide bonds. The molecule has 20 heavy (non-hydrogen) atoms. The molecule has 0 spiro atoms. The van der Waals surface area contributed by atoms with Crippen molar-refractivity contribution in [1.29, 1.82) is 0 Å². The fourth-order valence-corrected chi connectivity index (χ4v) is 2.06. The maximum Gasteiger partial charge on any atom is 0.125 e. The predicted molar refractivity (Wildman–Crippen MR) is 76.0 cm³/mol. The Kier molecular flexibility index (Phi) is 4.48. The molecule has 0 radical (unpaired) electrons. The molecular formula is C16H18O4. The van der Waals surface area contributed by atoms with Crippen molar-refractivity contribution in [2.75, 3.05) is 7.11 Å². The van der Waals surface area contributed by atoms with Crippen LogP contribution in [0.5, 0.6) is 17.2 Å². The second-order valence-electron chi connectivity index (χ2n) is 4.65. The lowest BCUT2D eigenvalue weighted by Crippen LogP contribution is -2.00. The molecule has 1 atom stereocenters. The molecule has 4 nitrogen and oxygen atoms in total. The van der Waals surface area contributed by atoms with Gasteiger partial charge in [0.2, 0.25) is 0 Å². The number of phenols is 2. The highest BCUT2D eigenvalue weighted by atomic mass is 16.5. The number of benzene rings is 2. The Bertz CT molecular complexity index is 563. The zero-order valence-corrected chi connectivity index (χ0v) is 11.3. The first-order valence-electron chi connectivity index (χ1n) is 6.43. The summed E-state index contributed by atoms with van der Waals surface area (Å²) in [4.78, 5) is 0. The molecule has 4 heteroatoms. The third-order valence-electron chi connectivity index (χ3n) is 3.24. The van der Waals surface area contributed by atoms with E-state index >= 15 is 0 Å². The minimum absolute atomic E-state index is 0.0198. The average molecular weight is 274 g/mol. The van der Waals surface area contributed by atoms with Gasteiger partial charge in [-0.1, -0.05) is 12.1 Å². The van der Waals surface area contributed by atoms with Gasteiger partial charge in [0.15, 0.2) is 0 Å². The number of methoxy groups -OCH3 is 1. The normalized spacial score (nSPS) is 12.1. The Hall–Kier alpha value is -2.20. The van der Waals surface area contributed by atoms with Gasteiger partial charge in [-0.3, -0.25) is 0 Å². The third kappa shape index (κ3) is 3.42. The molecule has 0 saturated heterocycles. The van der Waals surface area contributed by atoms with Crippen LogP contribution in [-0.2, 0) is 6.42 Å². The number of aliphatic hydroxyl groups excluding tert-OH is 1. The van der Waals surface area contributed by atoms with E-state index in [1.54, 1.807) is 7.11 Å². The first-order valence-corrected chi connectivity index (χ1v) is 6.43. The summed E-state index contributed by atoms with van der Waals surface area (Å²) in [5, 5.41) is 29.0. The highest BCUT2D eigenvalue weighted by Gasteiger charge is 2.12. The number of aliphatic hydroxyl groups is 1. The van der Waals surface area contributed by atoms with E-state index in [2.05, 4.69) is 0 Å². The second-order valence-corrected chi connectivity index (χ2v) is 4.65. The summed E-state index contributed by atoms with van der Waals surface area (Å²) in [5.74, 6) is 0.686. The van der Waals surface area contributed by atoms with Crippen molar-refractivity contribution in [1.82, 2.24) is 0 Å². The lowest BCUT2D eigenvalue weighted by atomic mass is 10.0. The smallest absolute Gasteiger partial charge is 0.125 e. The van der Waals surface area contributed by atoms with Gasteiger partial charge < -0.3 is 20.1 Å². The number of hydrogen-bond acceptors (Lipinski definition) is 4. The first-order chi connectivity index (χ1) is 9.60. The molecule has 0 heterocycles. The van der Waals surface area contributed by atoms with E-state index < -0.39 is 6.10 Å². The fourth-order valence-electron chi connectivity index (χ4n) is 2.06. The van der Waals surface area contributed by atoms with Crippen molar-refractivity contribution in [2.24, 2.45) is 0 Å². The molecule has 2 aromatic rings. The minimum atomic E-state index is -0.766. The minimum Gasteiger partial charge on any atom is -0.508 e. The molecule has 2 rings (SSSR count). The van der Waals surface area contributed by atoms with Crippen LogP contribution in [0.25, 0.3) is 0 Å². The van der Waals surface area contributed by atoms with Gasteiger partial charge in [0, 0.05) is 11.6 Å². The van der Waals surface area contributed by atoms with Gasteiger partial charge in [0.25, 0.3) is 0 Å². The largest absolute Gasteiger partial charge is 0.508 e. The second kappa shape index (κ2) is 6.30. The van der Waals surface area contributed by atoms with Gasteiger partial charge in [0.05, 0.1) is 13.2 Å². The highest BCUT2D eigenvalue weighted by molar-refractivity contribution is 5.40. The van der Waals surface area contributed by atoms with Gasteiger partial charge in [-0.05, 0) is 42.7 Å². The Labute approximate surface area is 117 Å². The van der Waals surface area contributed by atoms with Crippen LogP contribution in [-0.4, -0.2) is 22.4 Å². The molecule has 0 aromatic heterocycles. The van der Waals surface area contributed by atoms with E-state index in [0.717, 1.165) is 11.3 Å². The van der Waals surface area contributed by atoms with Crippen LogP contribution in [0.4, 0.5) is 0 Å². The van der Waals surface area contributed by atoms with Gasteiger partial charge in [-0.25, -0.2) is 0 Å². The van der Waals surface area contributed by atoms with Crippen molar-refractivity contribution in [3.8, 4) is 17.2 Å². The monoisotopic (exact) mass is 274 g/mol. The molecular weight excluding hydrogens is 256 g/mol. The maximum absolute atomic E-state index is 10.1. The quantitative estimate of drug-likeness (QED) is 0.784. The van der Waals surface area contributed by atoms with Crippen molar-refractivity contribution in [2.45, 2.75) is 18.9 Å². The van der Waals surface area contributed by atoms with E-state index in [4.69, 9.17) is 4.74 Å². The SMILES string of the molecule is COc1ccc(CCC(O)c2ccc(O)cc2O)cc1. The maximum atomic E-state index is 10.1. The standard InChI is InChI=1S/C16H18O4/c1-20-13-6-2-11(3-7-13)4-9-15(18)14-8-5-12(17)10-16(14)19/h2-3,5-8,10,15,17-19H,4,9H2,1H3. The van der Waals surface area contributed by atoms with Crippen LogP contribution in [0.3, 0.4) is 0 Å². The highest BCUT2D eigenvalue weighted by Crippen LogP contribution is 2.30. The summed E-state index contributed by atoms with van der Waals surface area (Å²) in [6, 6.07) is 11.9. The van der Waals surface area contributed by atoms with Gasteiger partial charge >= 0.3 is 0 Å². The Morgan fingerprint density at radius 3 is 2.35 bits per heavy atom. The number of aromatic hydroxyl groups is 2. The van der Waals surface area contributed by atoms with Crippen LogP contribution >= 0.6 is 0 Å². The Morgan fingerprint density at radius 2 is 1.75 bits per heavy atom. The molecule has 0 aliphatic heterocycles. The number of aryl methyl sites for hydroxylation is 1. The van der Waals surface area contributed by atoms with E-state index in [0.29, 0.717) is 18.4 Å². The summed E-state index contributed by atoms with van der Waals surface area (Å²) < 4.78 is 5.08. The predicted octanol–water partition coefficient (Wildman–Crippen LogP) is 2.77. The molecule has 0 bridgehead atoms. The van der Waals surface area contributed by atoms with Crippen molar-refractivity contribution in [3.05, 3.63) is 53.6 Å². The Morgan fingerprint density at radius 1 is 1.05 bits per heavy atom. The van der Waals surface area contributed by atoms with Crippen LogP contribution in [0.1, 0.15) is 23.7 Å². The third-order valence-corrected chi connectivity index (χ3v) is 3.24. The summed E-state index contributed by atoms with van der Waals surface area (Å²) in [6.07, 6.45) is 0.411. The zero-order valence-electron chi connectivity index (χ0n) is 11.3. The first kappa shape index (κ1) is 14.2.